The van der Waals surface area contributed by atoms with Gasteiger partial charge in [0.1, 0.15) is 5.82 Å². The van der Waals surface area contributed by atoms with Crippen LogP contribution in [0.1, 0.15) is 12.8 Å². The third-order valence-electron chi connectivity index (χ3n) is 2.77. The van der Waals surface area contributed by atoms with Crippen LogP contribution in [-0.4, -0.2) is 27.9 Å². The lowest BCUT2D eigenvalue weighted by Gasteiger charge is -1.99. The second-order valence-corrected chi connectivity index (χ2v) is 5.44. The van der Waals surface area contributed by atoms with Crippen molar-refractivity contribution in [1.29, 1.82) is 0 Å². The van der Waals surface area contributed by atoms with E-state index in [-0.39, 0.29) is 17.5 Å². The van der Waals surface area contributed by atoms with Crippen molar-refractivity contribution in [3.63, 3.8) is 0 Å². The molecule has 1 saturated carbocycles. The summed E-state index contributed by atoms with van der Waals surface area (Å²) < 4.78 is 18.2. The lowest BCUT2D eigenvalue weighted by atomic mass is 10.2. The highest BCUT2D eigenvalue weighted by atomic mass is 32.2. The Bertz CT molecular complexity index is 610. The molecule has 0 spiro atoms. The molecule has 7 heteroatoms. The summed E-state index contributed by atoms with van der Waals surface area (Å²) in [7, 11) is 0. The van der Waals surface area contributed by atoms with Gasteiger partial charge in [0.05, 0.1) is 5.75 Å². The van der Waals surface area contributed by atoms with E-state index in [1.54, 1.807) is 12.1 Å². The van der Waals surface area contributed by atoms with Gasteiger partial charge < -0.3 is 9.73 Å². The van der Waals surface area contributed by atoms with Crippen molar-refractivity contribution in [1.82, 2.24) is 15.5 Å². The first kappa shape index (κ1) is 13.1. The average Bonchev–Trinajstić information content (AvgIpc) is 3.12. The van der Waals surface area contributed by atoms with Crippen molar-refractivity contribution >= 4 is 17.7 Å². The number of nitrogens with one attached hydrogen (secondary N) is 1. The zero-order valence-electron chi connectivity index (χ0n) is 10.5. The molecule has 0 unspecified atom stereocenters. The molecule has 3 rings (SSSR count). The van der Waals surface area contributed by atoms with E-state index in [9.17, 15) is 9.18 Å². The second kappa shape index (κ2) is 5.62. The highest BCUT2D eigenvalue weighted by Crippen LogP contribution is 2.24. The van der Waals surface area contributed by atoms with Gasteiger partial charge >= 0.3 is 0 Å². The molecule has 0 atom stereocenters. The van der Waals surface area contributed by atoms with E-state index in [2.05, 4.69) is 15.5 Å². The predicted molar refractivity (Wildman–Crippen MR) is 71.6 cm³/mol. The van der Waals surface area contributed by atoms with E-state index < -0.39 is 0 Å². The Morgan fingerprint density at radius 2 is 2.10 bits per heavy atom. The summed E-state index contributed by atoms with van der Waals surface area (Å²) in [4.78, 5) is 11.5. The van der Waals surface area contributed by atoms with Gasteiger partial charge in [-0.3, -0.25) is 4.79 Å². The third-order valence-corrected chi connectivity index (χ3v) is 3.59. The van der Waals surface area contributed by atoms with Crippen LogP contribution in [-0.2, 0) is 4.79 Å². The Hall–Kier alpha value is -1.89. The number of carbonyl (C=O) groups is 1. The number of hydrogen-bond acceptors (Lipinski definition) is 5. The molecule has 1 aromatic carbocycles. The summed E-state index contributed by atoms with van der Waals surface area (Å²) in [5.74, 6) is 0.218. The summed E-state index contributed by atoms with van der Waals surface area (Å²) in [5.41, 5.74) is 0.646. The molecule has 0 radical (unpaired) electrons. The molecule has 0 bridgehead atoms. The molecule has 0 saturated heterocycles. The summed E-state index contributed by atoms with van der Waals surface area (Å²) in [6.45, 7) is 0. The number of benzene rings is 1. The van der Waals surface area contributed by atoms with Crippen molar-refractivity contribution in [2.45, 2.75) is 24.1 Å². The van der Waals surface area contributed by atoms with Gasteiger partial charge in [-0.25, -0.2) is 4.39 Å². The summed E-state index contributed by atoms with van der Waals surface area (Å²) in [6, 6.07) is 6.14. The molecule has 1 aliphatic carbocycles. The molecule has 1 amide bonds. The van der Waals surface area contributed by atoms with Gasteiger partial charge in [0, 0.05) is 11.6 Å². The van der Waals surface area contributed by atoms with Crippen molar-refractivity contribution in [3.8, 4) is 11.5 Å². The highest BCUT2D eigenvalue weighted by Gasteiger charge is 2.23. The lowest BCUT2D eigenvalue weighted by Crippen LogP contribution is -2.26. The molecule has 0 aliphatic heterocycles. The maximum atomic E-state index is 12.8. The van der Waals surface area contributed by atoms with Crippen molar-refractivity contribution in [2.24, 2.45) is 0 Å². The minimum absolute atomic E-state index is 0.0287. The minimum atomic E-state index is -0.320. The van der Waals surface area contributed by atoms with Gasteiger partial charge in [-0.05, 0) is 37.1 Å². The van der Waals surface area contributed by atoms with Crippen LogP contribution in [0.2, 0.25) is 0 Å². The van der Waals surface area contributed by atoms with Crippen LogP contribution in [0.15, 0.2) is 33.9 Å². The Morgan fingerprint density at radius 3 is 2.80 bits per heavy atom. The number of carbonyl (C=O) groups excluding carboxylic acids is 1. The molecule has 104 valence electrons. The predicted octanol–water partition coefficient (Wildman–Crippen LogP) is 2.25. The summed E-state index contributed by atoms with van der Waals surface area (Å²) >= 11 is 1.19. The fraction of sp³-hybridized carbons (Fsp3) is 0.308. The van der Waals surface area contributed by atoms with Crippen LogP contribution in [0.25, 0.3) is 11.5 Å². The van der Waals surface area contributed by atoms with Gasteiger partial charge in [-0.2, -0.15) is 0 Å². The van der Waals surface area contributed by atoms with E-state index in [1.807, 2.05) is 0 Å². The van der Waals surface area contributed by atoms with Crippen LogP contribution in [0.5, 0.6) is 0 Å². The normalized spacial score (nSPS) is 14.2. The fourth-order valence-electron chi connectivity index (χ4n) is 1.60. The maximum Gasteiger partial charge on any atom is 0.277 e. The third kappa shape index (κ3) is 3.36. The van der Waals surface area contributed by atoms with E-state index >= 15 is 0 Å². The number of amides is 1. The Morgan fingerprint density at radius 1 is 1.35 bits per heavy atom. The molecular formula is C13H12FN3O2S. The van der Waals surface area contributed by atoms with Crippen LogP contribution >= 0.6 is 11.8 Å². The molecule has 1 aliphatic rings. The molecular weight excluding hydrogens is 281 g/mol. The number of aromatic nitrogens is 2. The van der Waals surface area contributed by atoms with Gasteiger partial charge in [0.2, 0.25) is 11.8 Å². The number of hydrogen-bond donors (Lipinski definition) is 1. The zero-order chi connectivity index (χ0) is 13.9. The minimum Gasteiger partial charge on any atom is -0.411 e. The first-order valence-electron chi connectivity index (χ1n) is 6.22. The number of nitrogens with zero attached hydrogens (tertiary/aromatic N) is 2. The first-order valence-corrected chi connectivity index (χ1v) is 7.21. The fourth-order valence-corrected chi connectivity index (χ4v) is 2.18. The highest BCUT2D eigenvalue weighted by molar-refractivity contribution is 7.99. The van der Waals surface area contributed by atoms with Gasteiger partial charge in [0.25, 0.3) is 5.22 Å². The van der Waals surface area contributed by atoms with Crippen molar-refractivity contribution < 1.29 is 13.6 Å². The van der Waals surface area contributed by atoms with Crippen LogP contribution in [0.3, 0.4) is 0 Å². The quantitative estimate of drug-likeness (QED) is 0.856. The van der Waals surface area contributed by atoms with Crippen LogP contribution in [0, 0.1) is 5.82 Å². The molecule has 5 nitrogen and oxygen atoms in total. The molecule has 20 heavy (non-hydrogen) atoms. The van der Waals surface area contributed by atoms with Crippen LogP contribution in [0.4, 0.5) is 4.39 Å². The molecule has 2 aromatic rings. The van der Waals surface area contributed by atoms with Gasteiger partial charge in [-0.1, -0.05) is 11.8 Å². The zero-order valence-corrected chi connectivity index (χ0v) is 11.3. The average molecular weight is 293 g/mol. The standard InChI is InChI=1S/C13H12FN3O2S/c14-9-3-1-8(2-4-9)12-16-17-13(19-12)20-7-11(18)15-10-5-6-10/h1-4,10H,5-7H2,(H,15,18). The summed E-state index contributed by atoms with van der Waals surface area (Å²) in [6.07, 6.45) is 2.12. The Labute approximate surface area is 119 Å². The smallest absolute Gasteiger partial charge is 0.277 e. The molecule has 1 aromatic heterocycles. The Balaban J connectivity index is 1.58. The van der Waals surface area contributed by atoms with Crippen molar-refractivity contribution in [2.75, 3.05) is 5.75 Å². The van der Waals surface area contributed by atoms with E-state index in [4.69, 9.17) is 4.42 Å². The van der Waals surface area contributed by atoms with Gasteiger partial charge in [0.15, 0.2) is 0 Å². The van der Waals surface area contributed by atoms with Crippen molar-refractivity contribution in [3.05, 3.63) is 30.1 Å². The Kier molecular flexibility index (Phi) is 3.68. The molecule has 1 heterocycles. The topological polar surface area (TPSA) is 68.0 Å². The van der Waals surface area contributed by atoms with E-state index in [0.717, 1.165) is 12.8 Å². The SMILES string of the molecule is O=C(CSc1nnc(-c2ccc(F)cc2)o1)NC1CC1. The van der Waals surface area contributed by atoms with Gasteiger partial charge in [-0.15, -0.1) is 10.2 Å². The monoisotopic (exact) mass is 293 g/mol. The maximum absolute atomic E-state index is 12.8. The number of halogens is 1. The number of rotatable bonds is 5. The molecule has 1 fully saturated rings. The first-order chi connectivity index (χ1) is 9.70. The summed E-state index contributed by atoms with van der Waals surface area (Å²) in [5, 5.41) is 10.9. The second-order valence-electron chi connectivity index (χ2n) is 4.51. The molecule has 1 N–H and O–H groups in total. The van der Waals surface area contributed by atoms with E-state index in [1.165, 1.54) is 23.9 Å². The lowest BCUT2D eigenvalue weighted by molar-refractivity contribution is -0.118. The van der Waals surface area contributed by atoms with Crippen LogP contribution < -0.4 is 5.32 Å². The number of thioether (sulfide) groups is 1. The largest absolute Gasteiger partial charge is 0.411 e. The van der Waals surface area contributed by atoms with E-state index in [0.29, 0.717) is 22.7 Å².